The van der Waals surface area contributed by atoms with Crippen molar-refractivity contribution in [1.82, 2.24) is 10.3 Å². The first-order chi connectivity index (χ1) is 10.2. The fourth-order valence-corrected chi connectivity index (χ4v) is 1.98. The van der Waals surface area contributed by atoms with Gasteiger partial charge in [0, 0.05) is 18.0 Å². The van der Waals surface area contributed by atoms with Gasteiger partial charge in [-0.25, -0.2) is 4.39 Å². The van der Waals surface area contributed by atoms with E-state index in [-0.39, 0.29) is 23.5 Å². The van der Waals surface area contributed by atoms with Crippen molar-refractivity contribution < 1.29 is 14.3 Å². The van der Waals surface area contributed by atoms with Crippen molar-refractivity contribution in [3.8, 4) is 0 Å². The van der Waals surface area contributed by atoms with Crippen LogP contribution in [0.4, 0.5) is 4.39 Å². The second-order valence-electron chi connectivity index (χ2n) is 5.93. The number of aromatic amines is 1. The van der Waals surface area contributed by atoms with Gasteiger partial charge in [0.05, 0.1) is 16.7 Å². The van der Waals surface area contributed by atoms with Crippen LogP contribution in [-0.4, -0.2) is 28.1 Å². The number of hydrogen-bond acceptors (Lipinski definition) is 3. The van der Waals surface area contributed by atoms with E-state index in [4.69, 9.17) is 0 Å². The zero-order chi connectivity index (χ0) is 16.5. The molecule has 22 heavy (non-hydrogen) atoms. The molecule has 1 amide bonds. The summed E-state index contributed by atoms with van der Waals surface area (Å²) in [5.41, 5.74) is -1.14. The van der Waals surface area contributed by atoms with Gasteiger partial charge in [0.2, 0.25) is 5.56 Å². The predicted octanol–water partition coefficient (Wildman–Crippen LogP) is 1.80. The Morgan fingerprint density at radius 1 is 1.41 bits per heavy atom. The molecule has 118 valence electrons. The average Bonchev–Trinajstić information content (AvgIpc) is 2.43. The highest BCUT2D eigenvalue weighted by Gasteiger charge is 2.26. The number of carbonyl (C=O) groups excluding carboxylic acids is 1. The van der Waals surface area contributed by atoms with Gasteiger partial charge in [-0.05, 0) is 31.0 Å². The molecule has 1 aromatic carbocycles. The van der Waals surface area contributed by atoms with Crippen LogP contribution in [0.25, 0.3) is 10.9 Å². The number of amides is 1. The van der Waals surface area contributed by atoms with E-state index in [0.717, 1.165) is 6.07 Å². The predicted molar refractivity (Wildman–Crippen MR) is 82.3 cm³/mol. The van der Waals surface area contributed by atoms with Crippen LogP contribution in [0.5, 0.6) is 0 Å². The standard InChI is InChI=1S/C16H19FN2O3/c1-9(2)16(3,22)8-18-15(21)12-7-14(20)19-13-6-10(17)4-5-11(12)13/h4-7,9,22H,8H2,1-3H3,(H,18,21)(H,19,20). The SMILES string of the molecule is CC(C)C(C)(O)CNC(=O)c1cc(=O)[nH]c2cc(F)ccc12. The minimum absolute atomic E-state index is 0.0437. The van der Waals surface area contributed by atoms with E-state index < -0.39 is 22.9 Å². The molecule has 2 aromatic rings. The van der Waals surface area contributed by atoms with Crippen LogP contribution in [0, 0.1) is 11.7 Å². The Kier molecular flexibility index (Phi) is 4.32. The molecule has 0 saturated heterocycles. The number of hydrogen-bond donors (Lipinski definition) is 3. The second kappa shape index (κ2) is 5.88. The first kappa shape index (κ1) is 16.2. The number of aromatic nitrogens is 1. The second-order valence-corrected chi connectivity index (χ2v) is 5.93. The van der Waals surface area contributed by atoms with Crippen LogP contribution in [0.15, 0.2) is 29.1 Å². The third kappa shape index (κ3) is 3.33. The molecule has 0 saturated carbocycles. The van der Waals surface area contributed by atoms with Gasteiger partial charge in [-0.1, -0.05) is 13.8 Å². The summed E-state index contributed by atoms with van der Waals surface area (Å²) in [6, 6.07) is 5.00. The summed E-state index contributed by atoms with van der Waals surface area (Å²) in [6.45, 7) is 5.37. The fraction of sp³-hybridized carbons (Fsp3) is 0.375. The topological polar surface area (TPSA) is 82.2 Å². The van der Waals surface area contributed by atoms with Crippen molar-refractivity contribution in [3.63, 3.8) is 0 Å². The van der Waals surface area contributed by atoms with Gasteiger partial charge in [0.15, 0.2) is 0 Å². The van der Waals surface area contributed by atoms with Gasteiger partial charge in [0.1, 0.15) is 5.82 Å². The number of H-pyrrole nitrogens is 1. The minimum Gasteiger partial charge on any atom is -0.388 e. The summed E-state index contributed by atoms with van der Waals surface area (Å²) >= 11 is 0. The average molecular weight is 306 g/mol. The summed E-state index contributed by atoms with van der Waals surface area (Å²) in [6.07, 6.45) is 0. The number of carbonyl (C=O) groups is 1. The summed E-state index contributed by atoms with van der Waals surface area (Å²) in [4.78, 5) is 26.4. The minimum atomic E-state index is -1.06. The van der Waals surface area contributed by atoms with E-state index in [1.165, 1.54) is 18.2 Å². The van der Waals surface area contributed by atoms with Gasteiger partial charge in [-0.3, -0.25) is 9.59 Å². The number of benzene rings is 1. The van der Waals surface area contributed by atoms with Crippen molar-refractivity contribution in [1.29, 1.82) is 0 Å². The fourth-order valence-electron chi connectivity index (χ4n) is 1.98. The Bertz CT molecular complexity index is 766. The Balaban J connectivity index is 2.34. The number of nitrogens with one attached hydrogen (secondary N) is 2. The van der Waals surface area contributed by atoms with Gasteiger partial charge < -0.3 is 15.4 Å². The summed E-state index contributed by atoms with van der Waals surface area (Å²) in [7, 11) is 0. The zero-order valence-corrected chi connectivity index (χ0v) is 12.7. The van der Waals surface area contributed by atoms with Crippen molar-refractivity contribution in [3.05, 3.63) is 46.0 Å². The molecule has 0 aliphatic heterocycles. The van der Waals surface area contributed by atoms with Gasteiger partial charge >= 0.3 is 0 Å². The van der Waals surface area contributed by atoms with Crippen molar-refractivity contribution in [2.75, 3.05) is 6.54 Å². The van der Waals surface area contributed by atoms with Crippen LogP contribution >= 0.6 is 0 Å². The molecular formula is C16H19FN2O3. The molecule has 1 heterocycles. The van der Waals surface area contributed by atoms with Crippen molar-refractivity contribution >= 4 is 16.8 Å². The Morgan fingerprint density at radius 2 is 2.09 bits per heavy atom. The molecule has 1 aromatic heterocycles. The van der Waals surface area contributed by atoms with Crippen molar-refractivity contribution in [2.45, 2.75) is 26.4 Å². The smallest absolute Gasteiger partial charge is 0.252 e. The monoisotopic (exact) mass is 306 g/mol. The lowest BCUT2D eigenvalue weighted by molar-refractivity contribution is 0.0142. The molecule has 0 bridgehead atoms. The molecule has 0 spiro atoms. The lowest BCUT2D eigenvalue weighted by Crippen LogP contribution is -2.44. The van der Waals surface area contributed by atoms with E-state index in [1.54, 1.807) is 6.92 Å². The molecule has 1 atom stereocenters. The molecule has 0 aliphatic rings. The molecule has 5 nitrogen and oxygen atoms in total. The summed E-state index contributed by atoms with van der Waals surface area (Å²) in [5, 5.41) is 13.2. The highest BCUT2D eigenvalue weighted by molar-refractivity contribution is 6.05. The molecule has 6 heteroatoms. The van der Waals surface area contributed by atoms with Gasteiger partial charge in [-0.2, -0.15) is 0 Å². The lowest BCUT2D eigenvalue weighted by Gasteiger charge is -2.27. The van der Waals surface area contributed by atoms with Crippen LogP contribution in [0.3, 0.4) is 0 Å². The third-order valence-corrected chi connectivity index (χ3v) is 3.90. The quantitative estimate of drug-likeness (QED) is 0.805. The maximum absolute atomic E-state index is 13.2. The van der Waals surface area contributed by atoms with Gasteiger partial charge in [-0.15, -0.1) is 0 Å². The molecule has 0 fully saturated rings. The number of fused-ring (bicyclic) bond motifs is 1. The lowest BCUT2D eigenvalue weighted by atomic mass is 9.92. The van der Waals surface area contributed by atoms with Crippen LogP contribution in [0.1, 0.15) is 31.1 Å². The molecule has 0 radical (unpaired) electrons. The molecule has 0 aliphatic carbocycles. The largest absolute Gasteiger partial charge is 0.388 e. The molecule has 2 rings (SSSR count). The molecule has 1 unspecified atom stereocenters. The highest BCUT2D eigenvalue weighted by atomic mass is 19.1. The Hall–Kier alpha value is -2.21. The van der Waals surface area contributed by atoms with E-state index in [1.807, 2.05) is 13.8 Å². The maximum atomic E-state index is 13.2. The maximum Gasteiger partial charge on any atom is 0.252 e. The normalized spacial score (nSPS) is 14.1. The number of halogens is 1. The van der Waals surface area contributed by atoms with Gasteiger partial charge in [0.25, 0.3) is 5.91 Å². The zero-order valence-electron chi connectivity index (χ0n) is 12.7. The van der Waals surface area contributed by atoms with Crippen molar-refractivity contribution in [2.24, 2.45) is 5.92 Å². The number of aliphatic hydroxyl groups is 1. The summed E-state index contributed by atoms with van der Waals surface area (Å²) < 4.78 is 13.2. The van der Waals surface area contributed by atoms with E-state index in [9.17, 15) is 19.1 Å². The molecular weight excluding hydrogens is 287 g/mol. The van der Waals surface area contributed by atoms with E-state index in [2.05, 4.69) is 10.3 Å². The summed E-state index contributed by atoms with van der Waals surface area (Å²) in [5.74, 6) is -1.02. The van der Waals surface area contributed by atoms with E-state index in [0.29, 0.717) is 5.39 Å². The third-order valence-electron chi connectivity index (χ3n) is 3.90. The van der Waals surface area contributed by atoms with Crippen LogP contribution in [0.2, 0.25) is 0 Å². The Morgan fingerprint density at radius 3 is 2.73 bits per heavy atom. The highest BCUT2D eigenvalue weighted by Crippen LogP contribution is 2.18. The number of pyridine rings is 1. The number of rotatable bonds is 4. The first-order valence-corrected chi connectivity index (χ1v) is 7.04. The first-order valence-electron chi connectivity index (χ1n) is 7.04. The van der Waals surface area contributed by atoms with E-state index >= 15 is 0 Å². The molecule has 3 N–H and O–H groups in total. The Labute approximate surface area is 127 Å². The van der Waals surface area contributed by atoms with Crippen LogP contribution < -0.4 is 10.9 Å². The van der Waals surface area contributed by atoms with Crippen LogP contribution in [-0.2, 0) is 0 Å².